The van der Waals surface area contributed by atoms with Crippen molar-refractivity contribution in [1.29, 1.82) is 0 Å². The highest BCUT2D eigenvalue weighted by atomic mass is 19.1. The summed E-state index contributed by atoms with van der Waals surface area (Å²) >= 11 is 0. The third-order valence-corrected chi connectivity index (χ3v) is 9.67. The highest BCUT2D eigenvalue weighted by Crippen LogP contribution is 2.41. The summed E-state index contributed by atoms with van der Waals surface area (Å²) in [6.07, 6.45) is 8.19. The monoisotopic (exact) mass is 627 g/mol. The first kappa shape index (κ1) is 32.7. The van der Waals surface area contributed by atoms with Crippen molar-refractivity contribution in [3.8, 4) is 11.4 Å². The number of anilines is 1. The van der Waals surface area contributed by atoms with Gasteiger partial charge in [-0.15, -0.1) is 0 Å². The van der Waals surface area contributed by atoms with Gasteiger partial charge in [-0.2, -0.15) is 10.1 Å². The zero-order valence-electron chi connectivity index (χ0n) is 26.5. The SMILES string of the molecule is CC(C)(C)OC(=O)N[C@H](CF)[C@H]1CC[C@H](C(=O)N2CC[C@@H](C3CCCCC3)[C@H]2C(=O)Nc2ccc(-c3nc(=O)o[nH]3)cc2)CC1. The quantitative estimate of drug-likeness (QED) is 0.353. The van der Waals surface area contributed by atoms with E-state index in [9.17, 15) is 23.6 Å². The number of alkyl halides is 1. The van der Waals surface area contributed by atoms with Crippen LogP contribution in [0.3, 0.4) is 0 Å². The summed E-state index contributed by atoms with van der Waals surface area (Å²) in [5, 5.41) is 8.20. The summed E-state index contributed by atoms with van der Waals surface area (Å²) in [5.41, 5.74) is 0.557. The van der Waals surface area contributed by atoms with E-state index in [0.717, 1.165) is 32.1 Å². The summed E-state index contributed by atoms with van der Waals surface area (Å²) in [5.74, 6) is -0.436. The molecule has 0 unspecified atom stereocenters. The molecule has 3 aliphatic rings. The number of carbonyl (C=O) groups excluding carboxylic acids is 3. The maximum Gasteiger partial charge on any atom is 0.460 e. The fourth-order valence-electron chi connectivity index (χ4n) is 7.48. The average Bonchev–Trinajstić information content (AvgIpc) is 3.66. The van der Waals surface area contributed by atoms with Crippen LogP contribution in [0.25, 0.3) is 11.4 Å². The van der Waals surface area contributed by atoms with E-state index in [1.807, 2.05) is 0 Å². The van der Waals surface area contributed by atoms with Gasteiger partial charge in [0.15, 0.2) is 5.82 Å². The van der Waals surface area contributed by atoms with Crippen LogP contribution in [0.1, 0.15) is 85.0 Å². The summed E-state index contributed by atoms with van der Waals surface area (Å²) in [6.45, 7) is 5.14. The molecule has 1 aromatic carbocycles. The van der Waals surface area contributed by atoms with Crippen LogP contribution in [-0.2, 0) is 14.3 Å². The number of rotatable bonds is 8. The Morgan fingerprint density at radius 3 is 2.33 bits per heavy atom. The van der Waals surface area contributed by atoms with Crippen LogP contribution >= 0.6 is 0 Å². The molecule has 2 heterocycles. The topological polar surface area (TPSA) is 147 Å². The lowest BCUT2D eigenvalue weighted by molar-refractivity contribution is -0.142. The molecule has 3 amide bonds. The summed E-state index contributed by atoms with van der Waals surface area (Å²) in [6, 6.07) is 5.74. The fourth-order valence-corrected chi connectivity index (χ4v) is 7.48. The van der Waals surface area contributed by atoms with Crippen LogP contribution in [-0.4, -0.2) is 63.9 Å². The number of halogens is 1. The standard InChI is InChI=1S/C33H46FN5O6/c1-33(2,3)44-31(42)36-26(19-34)21-9-11-23(12-10-21)30(41)39-18-17-25(20-7-5-4-6-8-20)27(39)29(40)35-24-15-13-22(14-16-24)28-37-32(43)45-38-28/h13-16,20-21,23,25-27H,4-12,17-19H2,1-3H3,(H,35,40)(H,36,42)(H,37,38,43)/t21-,23-,25-,26+,27-/m0/s1. The van der Waals surface area contributed by atoms with Crippen LogP contribution in [0.2, 0.25) is 0 Å². The molecule has 0 spiro atoms. The predicted molar refractivity (Wildman–Crippen MR) is 166 cm³/mol. The van der Waals surface area contributed by atoms with Gasteiger partial charge in [0.25, 0.3) is 0 Å². The van der Waals surface area contributed by atoms with E-state index >= 15 is 0 Å². The van der Waals surface area contributed by atoms with E-state index < -0.39 is 36.2 Å². The predicted octanol–water partition coefficient (Wildman–Crippen LogP) is 5.44. The smallest absolute Gasteiger partial charge is 0.444 e. The summed E-state index contributed by atoms with van der Waals surface area (Å²) in [7, 11) is 0. The van der Waals surface area contributed by atoms with Gasteiger partial charge in [-0.05, 0) is 94.9 Å². The molecule has 246 valence electrons. The van der Waals surface area contributed by atoms with Gasteiger partial charge in [0.05, 0.1) is 6.04 Å². The van der Waals surface area contributed by atoms with Crippen LogP contribution in [0.5, 0.6) is 0 Å². The largest absolute Gasteiger partial charge is 0.460 e. The van der Waals surface area contributed by atoms with Crippen molar-refractivity contribution in [2.24, 2.45) is 23.7 Å². The lowest BCUT2D eigenvalue weighted by Gasteiger charge is -2.37. The number of aromatic nitrogens is 2. The van der Waals surface area contributed by atoms with Crippen molar-refractivity contribution in [3.63, 3.8) is 0 Å². The molecule has 0 bridgehead atoms. The van der Waals surface area contributed by atoms with E-state index in [2.05, 4.69) is 25.3 Å². The minimum atomic E-state index is -0.713. The molecule has 12 heteroatoms. The Kier molecular flexibility index (Phi) is 10.3. The second kappa shape index (κ2) is 14.2. The van der Waals surface area contributed by atoms with E-state index in [1.165, 1.54) is 6.42 Å². The molecular formula is C33H46FN5O6. The number of carbonyl (C=O) groups is 3. The summed E-state index contributed by atoms with van der Waals surface area (Å²) < 4.78 is 23.9. The van der Waals surface area contributed by atoms with Gasteiger partial charge in [-0.3, -0.25) is 9.59 Å². The minimum absolute atomic E-state index is 0.00542. The molecule has 45 heavy (non-hydrogen) atoms. The van der Waals surface area contributed by atoms with Gasteiger partial charge < -0.3 is 24.8 Å². The van der Waals surface area contributed by atoms with Crippen molar-refractivity contribution in [1.82, 2.24) is 20.4 Å². The van der Waals surface area contributed by atoms with Gasteiger partial charge in [-0.1, -0.05) is 32.1 Å². The normalized spacial score (nSPS) is 25.0. The minimum Gasteiger partial charge on any atom is -0.444 e. The number of alkyl carbamates (subject to hydrolysis) is 1. The molecule has 1 saturated heterocycles. The molecule has 11 nitrogen and oxygen atoms in total. The molecule has 3 fully saturated rings. The zero-order valence-corrected chi connectivity index (χ0v) is 26.5. The first-order chi connectivity index (χ1) is 21.5. The molecular weight excluding hydrogens is 581 g/mol. The lowest BCUT2D eigenvalue weighted by Crippen LogP contribution is -2.50. The van der Waals surface area contributed by atoms with Gasteiger partial charge in [0.2, 0.25) is 11.8 Å². The number of nitrogens with one attached hydrogen (secondary N) is 3. The first-order valence-electron chi connectivity index (χ1n) is 16.3. The number of benzene rings is 1. The van der Waals surface area contributed by atoms with Gasteiger partial charge in [-0.25, -0.2) is 14.0 Å². The molecule has 3 atom stereocenters. The van der Waals surface area contributed by atoms with Gasteiger partial charge in [0, 0.05) is 23.7 Å². The molecule has 5 rings (SSSR count). The van der Waals surface area contributed by atoms with E-state index in [-0.39, 0.29) is 29.6 Å². The van der Waals surface area contributed by atoms with Gasteiger partial charge >= 0.3 is 11.8 Å². The third-order valence-electron chi connectivity index (χ3n) is 9.67. The molecule has 2 aromatic rings. The number of H-pyrrole nitrogens is 1. The Hall–Kier alpha value is -3.70. The van der Waals surface area contributed by atoms with Crippen molar-refractivity contribution >= 4 is 23.6 Å². The number of amides is 3. The average molecular weight is 628 g/mol. The first-order valence-corrected chi connectivity index (χ1v) is 16.3. The zero-order chi connectivity index (χ0) is 32.1. The lowest BCUT2D eigenvalue weighted by atomic mass is 9.76. The Morgan fingerprint density at radius 1 is 1.04 bits per heavy atom. The molecule has 0 radical (unpaired) electrons. The van der Waals surface area contributed by atoms with Gasteiger partial charge in [0.1, 0.15) is 18.3 Å². The summed E-state index contributed by atoms with van der Waals surface area (Å²) in [4.78, 5) is 57.1. The van der Waals surface area contributed by atoms with Crippen LogP contribution in [0.4, 0.5) is 14.9 Å². The number of ether oxygens (including phenoxy) is 1. The Labute approximate surface area is 263 Å². The van der Waals surface area contributed by atoms with Crippen LogP contribution < -0.4 is 16.4 Å². The number of hydrogen-bond donors (Lipinski definition) is 3. The molecule has 1 aliphatic heterocycles. The maximum atomic E-state index is 14.0. The van der Waals surface area contributed by atoms with Crippen LogP contribution in [0, 0.1) is 23.7 Å². The second-order valence-corrected chi connectivity index (χ2v) is 13.8. The van der Waals surface area contributed by atoms with Crippen molar-refractivity contribution in [2.75, 3.05) is 18.5 Å². The highest BCUT2D eigenvalue weighted by Gasteiger charge is 2.47. The Bertz CT molecular complexity index is 1370. The number of aromatic amines is 1. The Morgan fingerprint density at radius 2 is 1.73 bits per heavy atom. The molecule has 1 aromatic heterocycles. The maximum absolute atomic E-state index is 14.0. The third kappa shape index (κ3) is 8.12. The van der Waals surface area contributed by atoms with E-state index in [1.54, 1.807) is 49.9 Å². The molecule has 2 aliphatic carbocycles. The van der Waals surface area contributed by atoms with Crippen molar-refractivity contribution in [3.05, 3.63) is 34.8 Å². The number of hydrogen-bond acceptors (Lipinski definition) is 7. The van der Waals surface area contributed by atoms with Crippen molar-refractivity contribution < 1.29 is 28.0 Å². The molecule has 3 N–H and O–H groups in total. The van der Waals surface area contributed by atoms with E-state index in [4.69, 9.17) is 4.74 Å². The Balaban J connectivity index is 1.24. The van der Waals surface area contributed by atoms with Crippen LogP contribution in [0.15, 0.2) is 33.6 Å². The van der Waals surface area contributed by atoms with Crippen molar-refractivity contribution in [2.45, 2.75) is 103 Å². The fraction of sp³-hybridized carbons (Fsp3) is 0.667. The second-order valence-electron chi connectivity index (χ2n) is 13.8. The van der Waals surface area contributed by atoms with E-state index in [0.29, 0.717) is 55.2 Å². The number of likely N-dealkylation sites (tertiary alicyclic amines) is 1. The highest BCUT2D eigenvalue weighted by molar-refractivity contribution is 5.98. The number of nitrogens with zero attached hydrogens (tertiary/aromatic N) is 2. The molecule has 2 saturated carbocycles.